The molecule has 0 aromatic carbocycles. The number of carbonyl (C=O) groups is 1. The van der Waals surface area contributed by atoms with E-state index in [9.17, 15) is 4.79 Å². The summed E-state index contributed by atoms with van der Waals surface area (Å²) in [5.74, 6) is -0.0334. The minimum absolute atomic E-state index is 0.313. The van der Waals surface area contributed by atoms with Crippen molar-refractivity contribution < 1.29 is 9.90 Å². The Hall–Kier alpha value is -0.570. The molecule has 0 aromatic rings. The molecule has 0 amide bonds. The van der Waals surface area contributed by atoms with Crippen LogP contribution < -0.4 is 5.32 Å². The van der Waals surface area contributed by atoms with Crippen molar-refractivity contribution in [2.45, 2.75) is 32.2 Å². The van der Waals surface area contributed by atoms with Gasteiger partial charge in [-0.25, -0.2) is 0 Å². The Labute approximate surface area is 66.8 Å². The molecule has 1 fully saturated rings. The van der Waals surface area contributed by atoms with Crippen molar-refractivity contribution in [1.29, 1.82) is 0 Å². The number of nitrogens with one attached hydrogen (secondary N) is 1. The predicted octanol–water partition coefficient (Wildman–Crippen LogP) is 0.849. The fourth-order valence-electron chi connectivity index (χ4n) is 1.20. The molecule has 0 aliphatic heterocycles. The van der Waals surface area contributed by atoms with Crippen LogP contribution in [0.2, 0.25) is 0 Å². The van der Waals surface area contributed by atoms with Crippen LogP contribution in [-0.4, -0.2) is 23.7 Å². The van der Waals surface area contributed by atoms with E-state index in [0.29, 0.717) is 5.92 Å². The van der Waals surface area contributed by atoms with Gasteiger partial charge in [0.1, 0.15) is 6.04 Å². The van der Waals surface area contributed by atoms with Crippen LogP contribution in [0.3, 0.4) is 0 Å². The first kappa shape index (κ1) is 8.53. The number of hydrogen-bond acceptors (Lipinski definition) is 2. The van der Waals surface area contributed by atoms with E-state index in [2.05, 4.69) is 5.32 Å². The van der Waals surface area contributed by atoms with Gasteiger partial charge in [0.15, 0.2) is 0 Å². The van der Waals surface area contributed by atoms with Gasteiger partial charge in [-0.2, -0.15) is 0 Å². The summed E-state index contributed by atoms with van der Waals surface area (Å²) in [5, 5.41) is 11.7. The zero-order valence-electron chi connectivity index (χ0n) is 6.84. The number of carboxylic acid groups (broad SMARTS) is 1. The van der Waals surface area contributed by atoms with Gasteiger partial charge in [-0.1, -0.05) is 19.8 Å². The monoisotopic (exact) mass is 157 g/mol. The molecule has 3 nitrogen and oxygen atoms in total. The van der Waals surface area contributed by atoms with E-state index in [1.165, 1.54) is 12.8 Å². The molecule has 0 spiro atoms. The molecule has 1 saturated carbocycles. The Morgan fingerprint density at radius 2 is 2.36 bits per heavy atom. The minimum Gasteiger partial charge on any atom is -0.480 e. The van der Waals surface area contributed by atoms with E-state index >= 15 is 0 Å². The maximum atomic E-state index is 10.6. The summed E-state index contributed by atoms with van der Waals surface area (Å²) in [6, 6.07) is -0.313. The molecule has 1 rings (SSSR count). The summed E-state index contributed by atoms with van der Waals surface area (Å²) in [6.45, 7) is 2.67. The second kappa shape index (κ2) is 3.72. The first-order valence-corrected chi connectivity index (χ1v) is 4.20. The molecule has 0 radical (unpaired) electrons. The van der Waals surface area contributed by atoms with E-state index < -0.39 is 5.97 Å². The van der Waals surface area contributed by atoms with Crippen LogP contribution in [0.15, 0.2) is 0 Å². The molecule has 0 saturated heterocycles. The molecular formula is C8H15NO2. The molecular weight excluding hydrogens is 142 g/mol. The smallest absolute Gasteiger partial charge is 0.320 e. The van der Waals surface area contributed by atoms with Crippen molar-refractivity contribution in [3.8, 4) is 0 Å². The first-order chi connectivity index (χ1) is 5.24. The van der Waals surface area contributed by atoms with E-state index in [1.54, 1.807) is 0 Å². The lowest BCUT2D eigenvalue weighted by Crippen LogP contribution is -2.36. The summed E-state index contributed by atoms with van der Waals surface area (Å²) in [7, 11) is 0. The highest BCUT2D eigenvalue weighted by Gasteiger charge is 2.28. The molecule has 11 heavy (non-hydrogen) atoms. The number of aliphatic carboxylic acids is 1. The van der Waals surface area contributed by atoms with Crippen molar-refractivity contribution >= 4 is 5.97 Å². The fraction of sp³-hybridized carbons (Fsp3) is 0.875. The highest BCUT2D eigenvalue weighted by atomic mass is 16.4. The fourth-order valence-corrected chi connectivity index (χ4v) is 1.20. The molecule has 0 heterocycles. The molecule has 2 N–H and O–H groups in total. The minimum atomic E-state index is -0.709. The molecule has 1 aliphatic rings. The predicted molar refractivity (Wildman–Crippen MR) is 42.4 cm³/mol. The van der Waals surface area contributed by atoms with Crippen LogP contribution >= 0.6 is 0 Å². The molecule has 1 atom stereocenters. The number of likely N-dealkylation sites (N-methyl/N-ethyl adjacent to an activating group) is 1. The van der Waals surface area contributed by atoms with Gasteiger partial charge in [0, 0.05) is 0 Å². The van der Waals surface area contributed by atoms with E-state index in [0.717, 1.165) is 13.0 Å². The Morgan fingerprint density at radius 1 is 1.73 bits per heavy atom. The Bertz CT molecular complexity index is 143. The quantitative estimate of drug-likeness (QED) is 0.622. The number of rotatable bonds is 5. The highest BCUT2D eigenvalue weighted by Crippen LogP contribution is 2.33. The lowest BCUT2D eigenvalue weighted by atomic mass is 10.1. The first-order valence-electron chi connectivity index (χ1n) is 4.20. The average molecular weight is 157 g/mol. The summed E-state index contributed by atoms with van der Waals surface area (Å²) < 4.78 is 0. The van der Waals surface area contributed by atoms with Crippen LogP contribution in [0.5, 0.6) is 0 Å². The standard InChI is InChI=1S/C8H15NO2/c1-2-9-7(8(10)11)5-6-3-4-6/h6-7,9H,2-5H2,1H3,(H,10,11). The molecule has 3 heteroatoms. The van der Waals surface area contributed by atoms with E-state index in [-0.39, 0.29) is 6.04 Å². The molecule has 1 aliphatic carbocycles. The SMILES string of the molecule is CCNC(CC1CC1)C(=O)O. The lowest BCUT2D eigenvalue weighted by molar-refractivity contribution is -0.139. The van der Waals surface area contributed by atoms with Crippen LogP contribution in [0, 0.1) is 5.92 Å². The maximum absolute atomic E-state index is 10.6. The van der Waals surface area contributed by atoms with Crippen molar-refractivity contribution in [3.05, 3.63) is 0 Å². The van der Waals surface area contributed by atoms with Crippen LogP contribution in [0.4, 0.5) is 0 Å². The van der Waals surface area contributed by atoms with Crippen molar-refractivity contribution in [2.75, 3.05) is 6.54 Å². The second-order valence-electron chi connectivity index (χ2n) is 3.13. The number of hydrogen-bond donors (Lipinski definition) is 2. The van der Waals surface area contributed by atoms with E-state index in [1.807, 2.05) is 6.92 Å². The normalized spacial score (nSPS) is 19.7. The number of carboxylic acids is 1. The second-order valence-corrected chi connectivity index (χ2v) is 3.13. The lowest BCUT2D eigenvalue weighted by Gasteiger charge is -2.11. The van der Waals surface area contributed by atoms with Crippen molar-refractivity contribution in [1.82, 2.24) is 5.32 Å². The van der Waals surface area contributed by atoms with Gasteiger partial charge in [-0.15, -0.1) is 0 Å². The molecule has 1 unspecified atom stereocenters. The summed E-state index contributed by atoms with van der Waals surface area (Å²) in [4.78, 5) is 10.6. The summed E-state index contributed by atoms with van der Waals surface area (Å²) in [6.07, 6.45) is 3.24. The van der Waals surface area contributed by atoms with Crippen molar-refractivity contribution in [2.24, 2.45) is 5.92 Å². The van der Waals surface area contributed by atoms with Crippen LogP contribution in [-0.2, 0) is 4.79 Å². The highest BCUT2D eigenvalue weighted by molar-refractivity contribution is 5.73. The Morgan fingerprint density at radius 3 is 2.73 bits per heavy atom. The van der Waals surface area contributed by atoms with Crippen LogP contribution in [0.1, 0.15) is 26.2 Å². The third-order valence-electron chi connectivity index (χ3n) is 2.01. The Balaban J connectivity index is 2.24. The van der Waals surface area contributed by atoms with Gasteiger partial charge in [0.2, 0.25) is 0 Å². The molecule has 0 aromatic heterocycles. The average Bonchev–Trinajstić information content (AvgIpc) is 2.70. The topological polar surface area (TPSA) is 49.3 Å². The maximum Gasteiger partial charge on any atom is 0.320 e. The summed E-state index contributed by atoms with van der Waals surface area (Å²) in [5.41, 5.74) is 0. The van der Waals surface area contributed by atoms with Gasteiger partial charge in [-0.05, 0) is 18.9 Å². The molecule has 0 bridgehead atoms. The van der Waals surface area contributed by atoms with Gasteiger partial charge in [-0.3, -0.25) is 4.79 Å². The van der Waals surface area contributed by atoms with Gasteiger partial charge in [0.25, 0.3) is 0 Å². The van der Waals surface area contributed by atoms with Gasteiger partial charge < -0.3 is 10.4 Å². The van der Waals surface area contributed by atoms with Gasteiger partial charge in [0.05, 0.1) is 0 Å². The Kier molecular flexibility index (Phi) is 2.88. The third-order valence-corrected chi connectivity index (χ3v) is 2.01. The van der Waals surface area contributed by atoms with Crippen molar-refractivity contribution in [3.63, 3.8) is 0 Å². The summed E-state index contributed by atoms with van der Waals surface area (Å²) >= 11 is 0. The van der Waals surface area contributed by atoms with Gasteiger partial charge >= 0.3 is 5.97 Å². The zero-order valence-corrected chi connectivity index (χ0v) is 6.84. The largest absolute Gasteiger partial charge is 0.480 e. The van der Waals surface area contributed by atoms with E-state index in [4.69, 9.17) is 5.11 Å². The zero-order chi connectivity index (χ0) is 8.27. The van der Waals surface area contributed by atoms with Crippen LogP contribution in [0.25, 0.3) is 0 Å². The third kappa shape index (κ3) is 2.89. The molecule has 64 valence electrons.